The fourth-order valence-electron chi connectivity index (χ4n) is 5.76. The minimum atomic E-state index is -1.48. The Morgan fingerprint density at radius 2 is 0.804 bits per heavy atom. The predicted molar refractivity (Wildman–Crippen MR) is 168 cm³/mol. The third-order valence-corrected chi connectivity index (χ3v) is 8.08. The lowest BCUT2D eigenvalue weighted by molar-refractivity contribution is -0.186. The van der Waals surface area contributed by atoms with Crippen LogP contribution in [0.15, 0.2) is 109 Å². The summed E-state index contributed by atoms with van der Waals surface area (Å²) >= 11 is 0. The molecule has 0 spiro atoms. The van der Waals surface area contributed by atoms with Crippen molar-refractivity contribution in [2.45, 2.75) is 13.1 Å². The van der Waals surface area contributed by atoms with E-state index in [1.54, 1.807) is 48.5 Å². The highest BCUT2D eigenvalue weighted by Gasteiger charge is 2.64. The van der Waals surface area contributed by atoms with Crippen molar-refractivity contribution in [1.82, 2.24) is 9.80 Å². The molecule has 236 valence electrons. The normalized spacial score (nSPS) is 18.5. The third-order valence-electron chi connectivity index (χ3n) is 8.08. The number of ether oxygens (including phenoxy) is 2. The quantitative estimate of drug-likeness (QED) is 0.211. The lowest BCUT2D eigenvalue weighted by Gasteiger charge is -2.47. The van der Waals surface area contributed by atoms with Crippen LogP contribution in [0.5, 0.6) is 23.0 Å². The van der Waals surface area contributed by atoms with Gasteiger partial charge in [-0.15, -0.1) is 0 Å². The fraction of sp³-hybridized carbons (Fsp3) is 0.222. The zero-order valence-corrected chi connectivity index (χ0v) is 25.4. The number of amides is 2. The van der Waals surface area contributed by atoms with E-state index >= 15 is 0 Å². The monoisotopic (exact) mass is 622 g/mol. The van der Waals surface area contributed by atoms with Crippen LogP contribution in [-0.2, 0) is 32.3 Å². The SMILES string of the molecule is CN(Cc1ccc(Oc2ccccc2)cc1)C(=O)C1C(C(=O)O)C(C(=O)N(C)Cc2ccc(Oc3ccccc3)cc2)C1C(=O)O. The second-order valence-corrected chi connectivity index (χ2v) is 11.3. The van der Waals surface area contributed by atoms with Gasteiger partial charge in [0.05, 0.1) is 23.7 Å². The lowest BCUT2D eigenvalue weighted by atomic mass is 9.55. The number of nitrogens with zero attached hydrogens (tertiary/aromatic N) is 2. The first-order valence-corrected chi connectivity index (χ1v) is 14.7. The van der Waals surface area contributed by atoms with Gasteiger partial charge in [0.15, 0.2) is 0 Å². The standard InChI is InChI=1S/C36H34N2O8/c1-37(21-23-13-17-27(18-14-23)45-25-9-5-3-6-10-25)33(39)29-31(35(41)42)30(32(29)36(43)44)34(40)38(2)22-24-15-19-28(20-16-24)46-26-11-7-4-8-12-26/h3-20,29-32H,21-22H2,1-2H3,(H,41,42)(H,43,44). The molecule has 0 unspecified atom stereocenters. The van der Waals surface area contributed by atoms with Crippen LogP contribution in [0.1, 0.15) is 11.1 Å². The first-order chi connectivity index (χ1) is 22.1. The number of carboxylic acids is 2. The predicted octanol–water partition coefficient (Wildman–Crippen LogP) is 5.54. The van der Waals surface area contributed by atoms with Crippen molar-refractivity contribution in [3.05, 3.63) is 120 Å². The zero-order chi connectivity index (χ0) is 32.8. The zero-order valence-electron chi connectivity index (χ0n) is 25.4. The van der Waals surface area contributed by atoms with Gasteiger partial charge in [0, 0.05) is 27.2 Å². The summed E-state index contributed by atoms with van der Waals surface area (Å²) in [6, 6.07) is 32.6. The highest BCUT2D eigenvalue weighted by molar-refractivity contribution is 5.99. The molecule has 0 bridgehead atoms. The smallest absolute Gasteiger partial charge is 0.308 e. The average molecular weight is 623 g/mol. The first-order valence-electron chi connectivity index (χ1n) is 14.7. The van der Waals surface area contributed by atoms with Gasteiger partial charge < -0.3 is 29.5 Å². The molecule has 0 aromatic heterocycles. The van der Waals surface area contributed by atoms with Crippen molar-refractivity contribution in [3.63, 3.8) is 0 Å². The number of carboxylic acid groups (broad SMARTS) is 2. The second-order valence-electron chi connectivity index (χ2n) is 11.3. The summed E-state index contributed by atoms with van der Waals surface area (Å²) in [5.74, 6) is -7.26. The Hall–Kier alpha value is -5.64. The maximum Gasteiger partial charge on any atom is 0.308 e. The molecule has 10 nitrogen and oxygen atoms in total. The average Bonchev–Trinajstić information content (AvgIpc) is 3.03. The van der Waals surface area contributed by atoms with Crippen molar-refractivity contribution >= 4 is 23.8 Å². The van der Waals surface area contributed by atoms with E-state index < -0.39 is 47.4 Å². The molecule has 10 heteroatoms. The van der Waals surface area contributed by atoms with Crippen LogP contribution >= 0.6 is 0 Å². The summed E-state index contributed by atoms with van der Waals surface area (Å²) in [6.07, 6.45) is 0. The van der Waals surface area contributed by atoms with E-state index in [2.05, 4.69) is 0 Å². The van der Waals surface area contributed by atoms with Gasteiger partial charge in [-0.25, -0.2) is 0 Å². The van der Waals surface area contributed by atoms with Crippen LogP contribution in [0.2, 0.25) is 0 Å². The number of para-hydroxylation sites is 2. The number of rotatable bonds is 12. The number of carbonyl (C=O) groups is 4. The lowest BCUT2D eigenvalue weighted by Crippen LogP contribution is -2.63. The van der Waals surface area contributed by atoms with Gasteiger partial charge in [0.1, 0.15) is 23.0 Å². The minimum absolute atomic E-state index is 0.113. The molecule has 0 radical (unpaired) electrons. The largest absolute Gasteiger partial charge is 0.481 e. The first kappa shape index (κ1) is 31.8. The summed E-state index contributed by atoms with van der Waals surface area (Å²) in [5.41, 5.74) is 1.48. The van der Waals surface area contributed by atoms with Gasteiger partial charge in [0.2, 0.25) is 11.8 Å². The van der Waals surface area contributed by atoms with Gasteiger partial charge in [-0.2, -0.15) is 0 Å². The van der Waals surface area contributed by atoms with E-state index in [-0.39, 0.29) is 13.1 Å². The molecular weight excluding hydrogens is 588 g/mol. The van der Waals surface area contributed by atoms with Crippen LogP contribution < -0.4 is 9.47 Å². The van der Waals surface area contributed by atoms with E-state index in [4.69, 9.17) is 9.47 Å². The maximum atomic E-state index is 13.5. The molecule has 4 aromatic rings. The van der Waals surface area contributed by atoms with Gasteiger partial charge >= 0.3 is 11.9 Å². The number of hydrogen-bond acceptors (Lipinski definition) is 6. The Balaban J connectivity index is 1.23. The summed E-state index contributed by atoms with van der Waals surface area (Å²) in [7, 11) is 2.97. The molecule has 2 amide bonds. The third kappa shape index (κ3) is 7.18. The van der Waals surface area contributed by atoms with Crippen LogP contribution in [0.3, 0.4) is 0 Å². The summed E-state index contributed by atoms with van der Waals surface area (Å²) in [4.78, 5) is 54.3. The molecule has 46 heavy (non-hydrogen) atoms. The topological polar surface area (TPSA) is 134 Å². The van der Waals surface area contributed by atoms with Gasteiger partial charge in [-0.05, 0) is 59.7 Å². The molecule has 5 rings (SSSR count). The van der Waals surface area contributed by atoms with Gasteiger partial charge in [0.25, 0.3) is 0 Å². The Morgan fingerprint density at radius 3 is 1.11 bits per heavy atom. The number of hydrogen-bond donors (Lipinski definition) is 2. The number of aliphatic carboxylic acids is 2. The fourth-order valence-corrected chi connectivity index (χ4v) is 5.76. The Kier molecular flexibility index (Phi) is 9.66. The Bertz CT molecular complexity index is 1540. The molecule has 0 saturated heterocycles. The molecule has 1 saturated carbocycles. The van der Waals surface area contributed by atoms with Crippen LogP contribution in [0.25, 0.3) is 0 Å². The van der Waals surface area contributed by atoms with Gasteiger partial charge in [-0.1, -0.05) is 60.7 Å². The van der Waals surface area contributed by atoms with E-state index in [1.807, 2.05) is 60.7 Å². The molecule has 0 atom stereocenters. The van der Waals surface area contributed by atoms with Crippen molar-refractivity contribution in [2.75, 3.05) is 14.1 Å². The Labute approximate surface area is 266 Å². The van der Waals surface area contributed by atoms with Crippen LogP contribution in [0, 0.1) is 23.7 Å². The van der Waals surface area contributed by atoms with Crippen molar-refractivity contribution < 1.29 is 38.9 Å². The molecule has 1 aliphatic rings. The second kappa shape index (κ2) is 14.0. The summed E-state index contributed by atoms with van der Waals surface area (Å²) in [5, 5.41) is 20.1. The van der Waals surface area contributed by atoms with Crippen molar-refractivity contribution in [2.24, 2.45) is 23.7 Å². The van der Waals surface area contributed by atoms with E-state index in [9.17, 15) is 29.4 Å². The maximum absolute atomic E-state index is 13.5. The van der Waals surface area contributed by atoms with Crippen LogP contribution in [-0.4, -0.2) is 57.9 Å². The van der Waals surface area contributed by atoms with E-state index in [0.717, 1.165) is 11.1 Å². The Morgan fingerprint density at radius 1 is 0.500 bits per heavy atom. The van der Waals surface area contributed by atoms with E-state index in [1.165, 1.54) is 23.9 Å². The summed E-state index contributed by atoms with van der Waals surface area (Å²) < 4.78 is 11.6. The summed E-state index contributed by atoms with van der Waals surface area (Å²) in [6.45, 7) is 0.226. The molecule has 0 aliphatic heterocycles. The van der Waals surface area contributed by atoms with Crippen molar-refractivity contribution in [3.8, 4) is 23.0 Å². The molecule has 1 fully saturated rings. The van der Waals surface area contributed by atoms with Gasteiger partial charge in [-0.3, -0.25) is 19.2 Å². The highest BCUT2D eigenvalue weighted by Crippen LogP contribution is 2.48. The van der Waals surface area contributed by atoms with E-state index in [0.29, 0.717) is 23.0 Å². The molecule has 4 aromatic carbocycles. The molecule has 2 N–H and O–H groups in total. The van der Waals surface area contributed by atoms with Crippen LogP contribution in [0.4, 0.5) is 0 Å². The van der Waals surface area contributed by atoms with Crippen molar-refractivity contribution in [1.29, 1.82) is 0 Å². The molecule has 0 heterocycles. The number of benzene rings is 4. The highest BCUT2D eigenvalue weighted by atomic mass is 16.5. The molecule has 1 aliphatic carbocycles. The number of carbonyl (C=O) groups excluding carboxylic acids is 2. The molecular formula is C36H34N2O8. The minimum Gasteiger partial charge on any atom is -0.481 e.